The molecule has 0 radical (unpaired) electrons. The van der Waals surface area contributed by atoms with Gasteiger partial charge in [0.15, 0.2) is 0 Å². The van der Waals surface area contributed by atoms with Crippen molar-refractivity contribution in [3.8, 4) is 0 Å². The molecule has 0 fully saturated rings. The van der Waals surface area contributed by atoms with Gasteiger partial charge in [0.05, 0.1) is 0 Å². The lowest BCUT2D eigenvalue weighted by Gasteiger charge is -2.18. The van der Waals surface area contributed by atoms with E-state index >= 15 is 0 Å². The first kappa shape index (κ1) is 11.1. The van der Waals surface area contributed by atoms with Crippen LogP contribution in [0.2, 0.25) is 0 Å². The zero-order valence-electron chi connectivity index (χ0n) is 10.3. The van der Waals surface area contributed by atoms with Gasteiger partial charge in [-0.2, -0.15) is 0 Å². The van der Waals surface area contributed by atoms with Crippen LogP contribution in [0.5, 0.6) is 0 Å². The number of fused-ring (bicyclic) bond motifs is 1. The first-order valence-electron chi connectivity index (χ1n) is 6.01. The van der Waals surface area contributed by atoms with Crippen molar-refractivity contribution in [2.45, 2.75) is 20.0 Å². The predicted octanol–water partition coefficient (Wildman–Crippen LogP) is 3.24. The minimum atomic E-state index is -0.180. The van der Waals surface area contributed by atoms with Crippen LogP contribution in [0.4, 0.5) is 15.8 Å². The summed E-state index contributed by atoms with van der Waals surface area (Å²) in [6, 6.07) is 11.1. The molecule has 1 aliphatic heterocycles. The zero-order valence-corrected chi connectivity index (χ0v) is 10.3. The molecule has 18 heavy (non-hydrogen) atoms. The van der Waals surface area contributed by atoms with Gasteiger partial charge in [-0.25, -0.2) is 4.39 Å². The monoisotopic (exact) mass is 242 g/mol. The molecule has 0 saturated heterocycles. The molecule has 3 heteroatoms. The van der Waals surface area contributed by atoms with Crippen LogP contribution in [0.15, 0.2) is 36.4 Å². The lowest BCUT2D eigenvalue weighted by atomic mass is 10.1. The SMILES string of the molecule is Cc1cc(F)cc(N2Cc3ccc(N)cc3C2)c1. The van der Waals surface area contributed by atoms with Crippen LogP contribution in [0.1, 0.15) is 16.7 Å². The maximum Gasteiger partial charge on any atom is 0.125 e. The van der Waals surface area contributed by atoms with Crippen molar-refractivity contribution in [1.82, 2.24) is 0 Å². The molecular formula is C15H15FN2. The van der Waals surface area contributed by atoms with Crippen molar-refractivity contribution in [2.75, 3.05) is 10.6 Å². The van der Waals surface area contributed by atoms with Crippen molar-refractivity contribution in [2.24, 2.45) is 0 Å². The summed E-state index contributed by atoms with van der Waals surface area (Å²) in [6.45, 7) is 3.52. The van der Waals surface area contributed by atoms with Crippen LogP contribution >= 0.6 is 0 Å². The Morgan fingerprint density at radius 1 is 1.06 bits per heavy atom. The van der Waals surface area contributed by atoms with E-state index in [1.807, 2.05) is 25.1 Å². The Labute approximate surface area is 106 Å². The highest BCUT2D eigenvalue weighted by atomic mass is 19.1. The molecule has 2 aromatic rings. The molecule has 3 rings (SSSR count). The summed E-state index contributed by atoms with van der Waals surface area (Å²) in [5, 5.41) is 0. The van der Waals surface area contributed by atoms with Gasteiger partial charge < -0.3 is 10.6 Å². The molecule has 1 heterocycles. The molecule has 2 nitrogen and oxygen atoms in total. The molecule has 0 saturated carbocycles. The molecular weight excluding hydrogens is 227 g/mol. The normalized spacial score (nSPS) is 13.8. The largest absolute Gasteiger partial charge is 0.399 e. The number of anilines is 2. The predicted molar refractivity (Wildman–Crippen MR) is 71.9 cm³/mol. The number of halogens is 1. The Morgan fingerprint density at radius 2 is 1.83 bits per heavy atom. The number of benzene rings is 2. The van der Waals surface area contributed by atoms with Gasteiger partial charge in [-0.1, -0.05) is 6.07 Å². The van der Waals surface area contributed by atoms with Crippen LogP contribution in [-0.2, 0) is 13.1 Å². The van der Waals surface area contributed by atoms with Crippen molar-refractivity contribution < 1.29 is 4.39 Å². The summed E-state index contributed by atoms with van der Waals surface area (Å²) in [7, 11) is 0. The lowest BCUT2D eigenvalue weighted by Crippen LogP contribution is -2.14. The van der Waals surface area contributed by atoms with Crippen LogP contribution in [0.3, 0.4) is 0 Å². The third kappa shape index (κ3) is 1.92. The summed E-state index contributed by atoms with van der Waals surface area (Å²) in [4.78, 5) is 2.17. The minimum absolute atomic E-state index is 0.180. The summed E-state index contributed by atoms with van der Waals surface area (Å²) in [5.74, 6) is -0.180. The summed E-state index contributed by atoms with van der Waals surface area (Å²) in [5.41, 5.74) is 10.9. The minimum Gasteiger partial charge on any atom is -0.399 e. The average molecular weight is 242 g/mol. The van der Waals surface area contributed by atoms with Crippen molar-refractivity contribution in [1.29, 1.82) is 0 Å². The number of hydrogen-bond donors (Lipinski definition) is 1. The average Bonchev–Trinajstić information content (AvgIpc) is 2.70. The van der Waals surface area contributed by atoms with Gasteiger partial charge >= 0.3 is 0 Å². The highest BCUT2D eigenvalue weighted by Crippen LogP contribution is 2.30. The fraction of sp³-hybridized carbons (Fsp3) is 0.200. The zero-order chi connectivity index (χ0) is 12.7. The van der Waals surface area contributed by atoms with E-state index in [1.54, 1.807) is 12.1 Å². The van der Waals surface area contributed by atoms with Gasteiger partial charge in [-0.15, -0.1) is 0 Å². The lowest BCUT2D eigenvalue weighted by molar-refractivity contribution is 0.625. The first-order valence-corrected chi connectivity index (χ1v) is 6.01. The highest BCUT2D eigenvalue weighted by Gasteiger charge is 2.19. The van der Waals surface area contributed by atoms with Crippen LogP contribution in [-0.4, -0.2) is 0 Å². The number of nitrogens with two attached hydrogens (primary N) is 1. The summed E-state index contributed by atoms with van der Waals surface area (Å²) in [6.07, 6.45) is 0. The maximum atomic E-state index is 13.4. The van der Waals surface area contributed by atoms with E-state index in [9.17, 15) is 4.39 Å². The Morgan fingerprint density at radius 3 is 2.61 bits per heavy atom. The van der Waals surface area contributed by atoms with Gasteiger partial charge in [0.1, 0.15) is 5.82 Å². The Bertz CT molecular complexity index is 587. The van der Waals surface area contributed by atoms with Gasteiger partial charge in [0, 0.05) is 24.5 Å². The second-order valence-electron chi connectivity index (χ2n) is 4.87. The quantitative estimate of drug-likeness (QED) is 0.778. The molecule has 2 N–H and O–H groups in total. The van der Waals surface area contributed by atoms with Gasteiger partial charge in [0.25, 0.3) is 0 Å². The van der Waals surface area contributed by atoms with Crippen LogP contribution < -0.4 is 10.6 Å². The molecule has 2 aromatic carbocycles. The smallest absolute Gasteiger partial charge is 0.125 e. The Hall–Kier alpha value is -2.03. The Kier molecular flexibility index (Phi) is 2.47. The van der Waals surface area contributed by atoms with E-state index in [-0.39, 0.29) is 5.82 Å². The van der Waals surface area contributed by atoms with E-state index in [2.05, 4.69) is 11.0 Å². The van der Waals surface area contributed by atoms with Gasteiger partial charge in [-0.3, -0.25) is 0 Å². The molecule has 0 aromatic heterocycles. The molecule has 0 aliphatic carbocycles. The van der Waals surface area contributed by atoms with Gasteiger partial charge in [0.2, 0.25) is 0 Å². The third-order valence-corrected chi connectivity index (χ3v) is 3.34. The van der Waals surface area contributed by atoms with E-state index < -0.39 is 0 Å². The highest BCUT2D eigenvalue weighted by molar-refractivity contribution is 5.56. The molecule has 1 aliphatic rings. The molecule has 0 bridgehead atoms. The van der Waals surface area contributed by atoms with E-state index in [1.165, 1.54) is 11.1 Å². The third-order valence-electron chi connectivity index (χ3n) is 3.34. The fourth-order valence-electron chi connectivity index (χ4n) is 2.50. The first-order chi connectivity index (χ1) is 8.61. The van der Waals surface area contributed by atoms with Crippen molar-refractivity contribution >= 4 is 11.4 Å². The molecule has 0 unspecified atom stereocenters. The molecule has 0 atom stereocenters. The summed E-state index contributed by atoms with van der Waals surface area (Å²) < 4.78 is 13.4. The van der Waals surface area contributed by atoms with E-state index in [0.717, 1.165) is 30.0 Å². The molecule has 0 amide bonds. The number of hydrogen-bond acceptors (Lipinski definition) is 2. The topological polar surface area (TPSA) is 29.3 Å². The molecule has 0 spiro atoms. The van der Waals surface area contributed by atoms with Crippen LogP contribution in [0.25, 0.3) is 0 Å². The van der Waals surface area contributed by atoms with Crippen LogP contribution in [0, 0.1) is 12.7 Å². The number of aryl methyl sites for hydroxylation is 1. The number of rotatable bonds is 1. The number of nitrogen functional groups attached to an aromatic ring is 1. The second-order valence-corrected chi connectivity index (χ2v) is 4.87. The van der Waals surface area contributed by atoms with E-state index in [4.69, 9.17) is 5.73 Å². The number of nitrogens with zero attached hydrogens (tertiary/aromatic N) is 1. The van der Waals surface area contributed by atoms with Gasteiger partial charge in [-0.05, 0) is 53.9 Å². The fourth-order valence-corrected chi connectivity index (χ4v) is 2.50. The van der Waals surface area contributed by atoms with Crippen molar-refractivity contribution in [3.05, 3.63) is 58.9 Å². The standard InChI is InChI=1S/C15H15FN2/c1-10-4-13(16)7-15(5-10)18-8-11-2-3-14(17)6-12(11)9-18/h2-7H,8-9,17H2,1H3. The Balaban J connectivity index is 1.93. The molecule has 92 valence electrons. The maximum absolute atomic E-state index is 13.4. The van der Waals surface area contributed by atoms with E-state index in [0.29, 0.717) is 0 Å². The summed E-state index contributed by atoms with van der Waals surface area (Å²) >= 11 is 0. The second kappa shape index (κ2) is 4.02. The van der Waals surface area contributed by atoms with Crippen molar-refractivity contribution in [3.63, 3.8) is 0 Å².